The summed E-state index contributed by atoms with van der Waals surface area (Å²) in [5.41, 5.74) is 0. The van der Waals surface area contributed by atoms with Crippen molar-refractivity contribution < 1.29 is 42.1 Å². The molecule has 0 fully saturated rings. The average Bonchev–Trinajstić information content (AvgIpc) is 2.67. The molecule has 0 aliphatic rings. The first kappa shape index (κ1) is 43.6. The van der Waals surface area contributed by atoms with Gasteiger partial charge in [0.15, 0.2) is 0 Å². The molecule has 0 radical (unpaired) electrons. The predicted molar refractivity (Wildman–Crippen MR) is 134 cm³/mol. The summed E-state index contributed by atoms with van der Waals surface area (Å²) in [4.78, 5) is 0. The van der Waals surface area contributed by atoms with Gasteiger partial charge >= 0.3 is 21.7 Å². The molecule has 0 saturated carbocycles. The molecule has 4 atom stereocenters. The van der Waals surface area contributed by atoms with Crippen molar-refractivity contribution in [2.75, 3.05) is 0 Å². The molecule has 0 aromatic carbocycles. The molecule has 0 aromatic heterocycles. The fourth-order valence-corrected chi connectivity index (χ4v) is 2.77. The normalized spacial score (nSPS) is 14.2. The molecule has 0 N–H and O–H groups in total. The Hall–Kier alpha value is 0.554. The van der Waals surface area contributed by atoms with Crippen LogP contribution in [0.4, 0.5) is 0 Å². The molecule has 33 heavy (non-hydrogen) atoms. The third-order valence-corrected chi connectivity index (χ3v) is 4.76. The van der Waals surface area contributed by atoms with Crippen molar-refractivity contribution in [3.05, 3.63) is 0 Å². The van der Waals surface area contributed by atoms with E-state index in [2.05, 4.69) is 55.4 Å². The monoisotopic (exact) mass is 508 g/mol. The summed E-state index contributed by atoms with van der Waals surface area (Å²) in [6.45, 7) is 24.4. The molecule has 0 heterocycles. The molecule has 4 unspecified atom stereocenters. The minimum atomic E-state index is -0.324. The summed E-state index contributed by atoms with van der Waals surface area (Å²) in [6.07, 6.45) is 5.13. The third kappa shape index (κ3) is 50.4. The molecule has 0 aliphatic heterocycles. The fraction of sp³-hybridized carbons (Fsp3) is 1.00. The second-order valence-corrected chi connectivity index (χ2v) is 10.6. The topological polar surface area (TPSA) is 92.2 Å². The van der Waals surface area contributed by atoms with Crippen LogP contribution in [0, 0.1) is 23.7 Å². The van der Waals surface area contributed by atoms with Gasteiger partial charge in [0.05, 0.1) is 0 Å². The van der Waals surface area contributed by atoms with Crippen LogP contribution in [-0.4, -0.2) is 24.4 Å². The Balaban J connectivity index is -0.000000105. The van der Waals surface area contributed by atoms with Crippen LogP contribution in [0.25, 0.3) is 0 Å². The second-order valence-electron chi connectivity index (χ2n) is 10.6. The first-order valence-corrected chi connectivity index (χ1v) is 13.3. The summed E-state index contributed by atoms with van der Waals surface area (Å²) < 4.78 is 0. The SMILES string of the molecule is CCC([O-])CC(C)C.CCC([O-])CC(C)C.CCC([O-])CC(C)C.CCC([O-])CC(C)C.[Ti+4]. The summed E-state index contributed by atoms with van der Waals surface area (Å²) in [7, 11) is 0. The Bertz CT molecular complexity index is 272. The van der Waals surface area contributed by atoms with Crippen molar-refractivity contribution in [1.29, 1.82) is 0 Å². The second kappa shape index (κ2) is 30.6. The molecule has 0 spiro atoms. The summed E-state index contributed by atoms with van der Waals surface area (Å²) in [5, 5.41) is 42.8. The number of rotatable bonds is 12. The van der Waals surface area contributed by atoms with Gasteiger partial charge in [0.25, 0.3) is 0 Å². The number of hydrogen-bond donors (Lipinski definition) is 0. The summed E-state index contributed by atoms with van der Waals surface area (Å²) in [6, 6.07) is 0. The largest absolute Gasteiger partial charge is 4.00 e. The van der Waals surface area contributed by atoms with Gasteiger partial charge in [-0.1, -0.05) is 134 Å². The van der Waals surface area contributed by atoms with E-state index < -0.39 is 0 Å². The Kier molecular flexibility index (Phi) is 40.4. The number of hydrogen-bond acceptors (Lipinski definition) is 4. The van der Waals surface area contributed by atoms with Crippen LogP contribution in [0.2, 0.25) is 0 Å². The first-order valence-electron chi connectivity index (χ1n) is 13.3. The molecular weight excluding hydrogens is 448 g/mol. The van der Waals surface area contributed by atoms with Crippen molar-refractivity contribution in [3.63, 3.8) is 0 Å². The Morgan fingerprint density at radius 3 is 0.515 bits per heavy atom. The summed E-state index contributed by atoms with van der Waals surface area (Å²) in [5.74, 6) is 2.27. The van der Waals surface area contributed by atoms with Gasteiger partial charge in [0.2, 0.25) is 0 Å². The van der Waals surface area contributed by atoms with Crippen LogP contribution in [0.1, 0.15) is 134 Å². The zero-order chi connectivity index (χ0) is 26.3. The van der Waals surface area contributed by atoms with Gasteiger partial charge in [0.1, 0.15) is 0 Å². The smallest absolute Gasteiger partial charge is 0.852 e. The van der Waals surface area contributed by atoms with Crippen molar-refractivity contribution in [2.45, 2.75) is 159 Å². The van der Waals surface area contributed by atoms with Gasteiger partial charge in [-0.3, -0.25) is 0 Å². The van der Waals surface area contributed by atoms with Crippen molar-refractivity contribution in [3.8, 4) is 0 Å². The van der Waals surface area contributed by atoms with Crippen molar-refractivity contribution >= 4 is 0 Å². The molecule has 200 valence electrons. The van der Waals surface area contributed by atoms with Crippen LogP contribution >= 0.6 is 0 Å². The molecule has 0 amide bonds. The fourth-order valence-electron chi connectivity index (χ4n) is 2.77. The van der Waals surface area contributed by atoms with Gasteiger partial charge < -0.3 is 20.4 Å². The van der Waals surface area contributed by atoms with E-state index in [9.17, 15) is 20.4 Å². The standard InChI is InChI=1S/4C7H15O.Ti/c4*1-4-7(8)5-6(2)3;/h4*6-7H,4-5H2,1-3H3;/q4*-1;+4. The van der Waals surface area contributed by atoms with E-state index in [1.54, 1.807) is 0 Å². The molecule has 0 saturated heterocycles. The van der Waals surface area contributed by atoms with E-state index in [0.29, 0.717) is 23.7 Å². The van der Waals surface area contributed by atoms with Crippen LogP contribution in [0.3, 0.4) is 0 Å². The van der Waals surface area contributed by atoms with E-state index >= 15 is 0 Å². The van der Waals surface area contributed by atoms with Gasteiger partial charge in [-0.15, -0.1) is 24.4 Å². The van der Waals surface area contributed by atoms with E-state index in [-0.39, 0.29) is 46.1 Å². The maximum Gasteiger partial charge on any atom is 4.00 e. The van der Waals surface area contributed by atoms with Crippen LogP contribution in [0.5, 0.6) is 0 Å². The van der Waals surface area contributed by atoms with Crippen LogP contribution in [-0.2, 0) is 21.7 Å². The van der Waals surface area contributed by atoms with Crippen LogP contribution in [0.15, 0.2) is 0 Å². The predicted octanol–water partition coefficient (Wildman–Crippen LogP) is 4.68. The zero-order valence-electron chi connectivity index (χ0n) is 24.4. The van der Waals surface area contributed by atoms with Gasteiger partial charge in [0, 0.05) is 0 Å². The van der Waals surface area contributed by atoms with E-state index in [0.717, 1.165) is 51.4 Å². The minimum absolute atomic E-state index is 0. The van der Waals surface area contributed by atoms with Gasteiger partial charge in [-0.05, 0) is 23.7 Å². The first-order chi connectivity index (χ1) is 14.7. The third-order valence-electron chi connectivity index (χ3n) is 4.76. The molecular formula is C28H60O4Ti. The maximum atomic E-state index is 10.7. The van der Waals surface area contributed by atoms with Gasteiger partial charge in [-0.25, -0.2) is 0 Å². The molecule has 0 rings (SSSR count). The zero-order valence-corrected chi connectivity index (χ0v) is 26.0. The summed E-state index contributed by atoms with van der Waals surface area (Å²) >= 11 is 0. The molecule has 0 bridgehead atoms. The molecule has 0 aliphatic carbocycles. The molecule has 5 heteroatoms. The Labute approximate surface area is 224 Å². The Morgan fingerprint density at radius 2 is 0.485 bits per heavy atom. The maximum absolute atomic E-state index is 10.7. The van der Waals surface area contributed by atoms with E-state index in [4.69, 9.17) is 0 Å². The molecule has 4 nitrogen and oxygen atoms in total. The molecule has 0 aromatic rings. The van der Waals surface area contributed by atoms with Crippen molar-refractivity contribution in [2.24, 2.45) is 23.7 Å². The van der Waals surface area contributed by atoms with Gasteiger partial charge in [-0.2, -0.15) is 0 Å². The quantitative estimate of drug-likeness (QED) is 0.358. The van der Waals surface area contributed by atoms with Crippen molar-refractivity contribution in [1.82, 2.24) is 0 Å². The Morgan fingerprint density at radius 1 is 0.364 bits per heavy atom. The van der Waals surface area contributed by atoms with Crippen LogP contribution < -0.4 is 20.4 Å². The van der Waals surface area contributed by atoms with E-state index in [1.165, 1.54) is 0 Å². The average molecular weight is 509 g/mol. The van der Waals surface area contributed by atoms with E-state index in [1.807, 2.05) is 27.7 Å². The minimum Gasteiger partial charge on any atom is -0.852 e.